The Hall–Kier alpha value is -0.0500. The summed E-state index contributed by atoms with van der Waals surface area (Å²) in [5.41, 5.74) is 0. The van der Waals surface area contributed by atoms with E-state index in [0.717, 1.165) is 13.0 Å². The predicted molar refractivity (Wildman–Crippen MR) is 64.7 cm³/mol. The molecule has 0 spiro atoms. The number of hydrogen-bond acceptors (Lipinski definition) is 1. The number of rotatable bonds is 7. The van der Waals surface area contributed by atoms with Gasteiger partial charge in [0, 0.05) is 6.54 Å². The minimum absolute atomic E-state index is 0.0475. The quantitative estimate of drug-likeness (QED) is 0.555. The van der Waals surface area contributed by atoms with Crippen molar-refractivity contribution >= 4 is 21.8 Å². The van der Waals surface area contributed by atoms with Crippen molar-refractivity contribution < 1.29 is 4.79 Å². The van der Waals surface area contributed by atoms with Gasteiger partial charge in [0.1, 0.15) is 0 Å². The summed E-state index contributed by atoms with van der Waals surface area (Å²) in [6, 6.07) is 0. The summed E-state index contributed by atoms with van der Waals surface area (Å²) in [6.07, 6.45) is 4.81. The normalized spacial score (nSPS) is 12.9. The van der Waals surface area contributed by atoms with Crippen LogP contribution in [0.15, 0.2) is 0 Å². The van der Waals surface area contributed by atoms with Crippen LogP contribution in [-0.2, 0) is 4.79 Å². The average Bonchev–Trinajstić information content (AvgIpc) is 2.16. The molecule has 1 N–H and O–H groups in total. The Morgan fingerprint density at radius 2 is 1.93 bits per heavy atom. The first-order chi connectivity index (χ1) is 6.59. The maximum atomic E-state index is 11.5. The molecular weight excluding hydrogens is 242 g/mol. The third-order valence-electron chi connectivity index (χ3n) is 2.17. The van der Waals surface area contributed by atoms with Gasteiger partial charge in [0.15, 0.2) is 0 Å². The fraction of sp³-hybridized carbons (Fsp3) is 0.909. The van der Waals surface area contributed by atoms with E-state index < -0.39 is 0 Å². The number of nitrogens with one attached hydrogen (secondary N) is 1. The van der Waals surface area contributed by atoms with E-state index in [1.54, 1.807) is 0 Å². The molecule has 84 valence electrons. The molecule has 14 heavy (non-hydrogen) atoms. The van der Waals surface area contributed by atoms with Crippen molar-refractivity contribution in [2.75, 3.05) is 6.54 Å². The van der Waals surface area contributed by atoms with Crippen molar-refractivity contribution in [2.45, 2.75) is 51.3 Å². The van der Waals surface area contributed by atoms with Crippen LogP contribution in [0.1, 0.15) is 46.5 Å². The zero-order valence-electron chi connectivity index (χ0n) is 9.48. The SMILES string of the molecule is CCCCCCNC(=O)C(Br)C(C)C. The summed E-state index contributed by atoms with van der Waals surface area (Å²) in [4.78, 5) is 11.4. The number of carbonyl (C=O) groups is 1. The lowest BCUT2D eigenvalue weighted by Crippen LogP contribution is -2.34. The van der Waals surface area contributed by atoms with Crippen LogP contribution in [0.25, 0.3) is 0 Å². The van der Waals surface area contributed by atoms with Gasteiger partial charge in [-0.3, -0.25) is 4.79 Å². The van der Waals surface area contributed by atoms with Gasteiger partial charge in [0.2, 0.25) is 5.91 Å². The molecule has 0 fully saturated rings. The highest BCUT2D eigenvalue weighted by molar-refractivity contribution is 9.10. The van der Waals surface area contributed by atoms with Gasteiger partial charge in [-0.15, -0.1) is 0 Å². The predicted octanol–water partition coefficient (Wildman–Crippen LogP) is 3.10. The van der Waals surface area contributed by atoms with Crippen molar-refractivity contribution in [1.82, 2.24) is 5.32 Å². The first-order valence-electron chi connectivity index (χ1n) is 5.51. The average molecular weight is 264 g/mol. The molecule has 0 bridgehead atoms. The monoisotopic (exact) mass is 263 g/mol. The van der Waals surface area contributed by atoms with Gasteiger partial charge in [-0.1, -0.05) is 56.0 Å². The lowest BCUT2D eigenvalue weighted by Gasteiger charge is -2.13. The van der Waals surface area contributed by atoms with Gasteiger partial charge in [0.25, 0.3) is 0 Å². The maximum Gasteiger partial charge on any atom is 0.234 e. The highest BCUT2D eigenvalue weighted by Crippen LogP contribution is 2.11. The highest BCUT2D eigenvalue weighted by atomic mass is 79.9. The molecule has 0 aliphatic rings. The minimum atomic E-state index is -0.0475. The lowest BCUT2D eigenvalue weighted by atomic mass is 10.1. The molecule has 1 unspecified atom stereocenters. The molecule has 0 aliphatic carbocycles. The van der Waals surface area contributed by atoms with Crippen molar-refractivity contribution in [3.8, 4) is 0 Å². The van der Waals surface area contributed by atoms with Crippen LogP contribution < -0.4 is 5.32 Å². The third kappa shape index (κ3) is 6.41. The zero-order chi connectivity index (χ0) is 11.0. The van der Waals surface area contributed by atoms with Crippen molar-refractivity contribution in [3.63, 3.8) is 0 Å². The van der Waals surface area contributed by atoms with Crippen LogP contribution in [0, 0.1) is 5.92 Å². The second kappa shape index (κ2) is 8.27. The van der Waals surface area contributed by atoms with Crippen LogP contribution in [0.5, 0.6) is 0 Å². The van der Waals surface area contributed by atoms with Gasteiger partial charge < -0.3 is 5.32 Å². The molecule has 0 aromatic carbocycles. The Morgan fingerprint density at radius 1 is 1.29 bits per heavy atom. The molecule has 1 amide bonds. The van der Waals surface area contributed by atoms with E-state index in [1.165, 1.54) is 19.3 Å². The van der Waals surface area contributed by atoms with Crippen molar-refractivity contribution in [2.24, 2.45) is 5.92 Å². The Kier molecular flexibility index (Phi) is 8.24. The summed E-state index contributed by atoms with van der Waals surface area (Å²) in [7, 11) is 0. The number of alkyl halides is 1. The van der Waals surface area contributed by atoms with Crippen LogP contribution in [0.3, 0.4) is 0 Å². The molecule has 0 aromatic rings. The van der Waals surface area contributed by atoms with Gasteiger partial charge in [0.05, 0.1) is 4.83 Å². The molecule has 0 saturated heterocycles. The standard InChI is InChI=1S/C11H22BrNO/c1-4-5-6-7-8-13-11(14)10(12)9(2)3/h9-10H,4-8H2,1-3H3,(H,13,14). The Labute approximate surface area is 96.0 Å². The Morgan fingerprint density at radius 3 is 2.43 bits per heavy atom. The topological polar surface area (TPSA) is 29.1 Å². The second-order valence-electron chi connectivity index (χ2n) is 4.00. The maximum absolute atomic E-state index is 11.5. The van der Waals surface area contributed by atoms with E-state index in [2.05, 4.69) is 28.2 Å². The van der Waals surface area contributed by atoms with E-state index in [0.29, 0.717) is 5.92 Å². The van der Waals surface area contributed by atoms with Crippen LogP contribution in [0.4, 0.5) is 0 Å². The van der Waals surface area contributed by atoms with Crippen molar-refractivity contribution in [3.05, 3.63) is 0 Å². The van der Waals surface area contributed by atoms with E-state index >= 15 is 0 Å². The summed E-state index contributed by atoms with van der Waals surface area (Å²) in [5, 5.41) is 2.94. The molecule has 0 heterocycles. The minimum Gasteiger partial charge on any atom is -0.355 e. The van der Waals surface area contributed by atoms with Gasteiger partial charge in [-0.05, 0) is 12.3 Å². The number of halogens is 1. The summed E-state index contributed by atoms with van der Waals surface area (Å²) >= 11 is 3.38. The number of unbranched alkanes of at least 4 members (excludes halogenated alkanes) is 3. The fourth-order valence-electron chi connectivity index (χ4n) is 1.16. The second-order valence-corrected chi connectivity index (χ2v) is 4.98. The highest BCUT2D eigenvalue weighted by Gasteiger charge is 2.17. The zero-order valence-corrected chi connectivity index (χ0v) is 11.1. The summed E-state index contributed by atoms with van der Waals surface area (Å²) < 4.78 is 0. The molecule has 0 rings (SSSR count). The lowest BCUT2D eigenvalue weighted by molar-refractivity contribution is -0.121. The molecule has 0 aromatic heterocycles. The van der Waals surface area contributed by atoms with E-state index in [4.69, 9.17) is 0 Å². The van der Waals surface area contributed by atoms with Crippen LogP contribution in [0.2, 0.25) is 0 Å². The Bertz CT molecular complexity index is 159. The molecule has 0 radical (unpaired) electrons. The van der Waals surface area contributed by atoms with Gasteiger partial charge >= 0.3 is 0 Å². The molecule has 2 nitrogen and oxygen atoms in total. The number of hydrogen-bond donors (Lipinski definition) is 1. The van der Waals surface area contributed by atoms with Crippen LogP contribution in [-0.4, -0.2) is 17.3 Å². The fourth-order valence-corrected chi connectivity index (χ4v) is 1.33. The van der Waals surface area contributed by atoms with Crippen LogP contribution >= 0.6 is 15.9 Å². The largest absolute Gasteiger partial charge is 0.355 e. The van der Waals surface area contributed by atoms with E-state index in [9.17, 15) is 4.79 Å². The molecule has 3 heteroatoms. The summed E-state index contributed by atoms with van der Waals surface area (Å²) in [5.74, 6) is 0.474. The summed E-state index contributed by atoms with van der Waals surface area (Å²) in [6.45, 7) is 7.08. The van der Waals surface area contributed by atoms with Gasteiger partial charge in [-0.25, -0.2) is 0 Å². The Balaban J connectivity index is 3.44. The van der Waals surface area contributed by atoms with E-state index in [1.807, 2.05) is 13.8 Å². The number of amides is 1. The third-order valence-corrected chi connectivity index (χ3v) is 3.64. The molecule has 1 atom stereocenters. The first kappa shape index (κ1) is 13.9. The number of carbonyl (C=O) groups excluding carboxylic acids is 1. The van der Waals surface area contributed by atoms with E-state index in [-0.39, 0.29) is 10.7 Å². The molecule has 0 aliphatic heterocycles. The smallest absolute Gasteiger partial charge is 0.234 e. The molecule has 0 saturated carbocycles. The first-order valence-corrected chi connectivity index (χ1v) is 6.43. The van der Waals surface area contributed by atoms with Gasteiger partial charge in [-0.2, -0.15) is 0 Å². The molecular formula is C11H22BrNO. The van der Waals surface area contributed by atoms with Crippen molar-refractivity contribution in [1.29, 1.82) is 0 Å².